The number of anilines is 1. The highest BCUT2D eigenvalue weighted by Gasteiger charge is 2.31. The van der Waals surface area contributed by atoms with E-state index in [1.165, 1.54) is 0 Å². The summed E-state index contributed by atoms with van der Waals surface area (Å²) in [5, 5.41) is 2.91. The number of carbonyl (C=O) groups excluding carboxylic acids is 3. The van der Waals surface area contributed by atoms with Crippen molar-refractivity contribution in [2.45, 2.75) is 32.6 Å². The van der Waals surface area contributed by atoms with Gasteiger partial charge in [-0.3, -0.25) is 9.59 Å². The average molecular weight is 388 g/mol. The smallest absolute Gasteiger partial charge is 0.338 e. The lowest BCUT2D eigenvalue weighted by atomic mass is 9.93. The van der Waals surface area contributed by atoms with Crippen LogP contribution in [0, 0.1) is 11.8 Å². The van der Waals surface area contributed by atoms with E-state index in [9.17, 15) is 14.4 Å². The molecule has 0 aromatic heterocycles. The van der Waals surface area contributed by atoms with Crippen LogP contribution in [0.4, 0.5) is 5.69 Å². The van der Waals surface area contributed by atoms with Crippen molar-refractivity contribution in [2.75, 3.05) is 38.2 Å². The molecule has 2 amide bonds. The van der Waals surface area contributed by atoms with Crippen LogP contribution in [0.5, 0.6) is 0 Å². The summed E-state index contributed by atoms with van der Waals surface area (Å²) < 4.78 is 10.3. The summed E-state index contributed by atoms with van der Waals surface area (Å²) in [6.07, 6.45) is 2.92. The molecule has 1 aromatic rings. The van der Waals surface area contributed by atoms with Crippen LogP contribution in [0.3, 0.4) is 0 Å². The molecule has 0 unspecified atom stereocenters. The van der Waals surface area contributed by atoms with E-state index in [0.29, 0.717) is 57.0 Å². The number of likely N-dealkylation sites (tertiary alicyclic amines) is 1. The van der Waals surface area contributed by atoms with Crippen LogP contribution in [0.15, 0.2) is 24.3 Å². The van der Waals surface area contributed by atoms with Crippen LogP contribution >= 0.6 is 0 Å². The highest BCUT2D eigenvalue weighted by atomic mass is 16.5. The van der Waals surface area contributed by atoms with E-state index >= 15 is 0 Å². The molecule has 7 nitrogen and oxygen atoms in total. The maximum Gasteiger partial charge on any atom is 0.338 e. The lowest BCUT2D eigenvalue weighted by Crippen LogP contribution is -2.45. The molecule has 28 heavy (non-hydrogen) atoms. The van der Waals surface area contributed by atoms with Gasteiger partial charge in [0.25, 0.3) is 0 Å². The molecule has 2 aliphatic rings. The third kappa shape index (κ3) is 5.10. The van der Waals surface area contributed by atoms with Crippen LogP contribution in [-0.4, -0.2) is 55.6 Å². The Hall–Kier alpha value is -2.41. The Bertz CT molecular complexity index is 689. The fourth-order valence-electron chi connectivity index (χ4n) is 3.71. The number of esters is 1. The Kier molecular flexibility index (Phi) is 7.03. The van der Waals surface area contributed by atoms with E-state index in [1.54, 1.807) is 31.2 Å². The van der Waals surface area contributed by atoms with Crippen LogP contribution in [0.1, 0.15) is 43.0 Å². The summed E-state index contributed by atoms with van der Waals surface area (Å²) in [6.45, 7) is 4.64. The van der Waals surface area contributed by atoms with Crippen molar-refractivity contribution in [3.63, 3.8) is 0 Å². The van der Waals surface area contributed by atoms with E-state index in [-0.39, 0.29) is 29.6 Å². The summed E-state index contributed by atoms with van der Waals surface area (Å²) >= 11 is 0. The molecule has 0 aliphatic carbocycles. The fraction of sp³-hybridized carbons (Fsp3) is 0.571. The molecule has 0 bridgehead atoms. The van der Waals surface area contributed by atoms with Gasteiger partial charge < -0.3 is 19.7 Å². The van der Waals surface area contributed by atoms with Crippen LogP contribution in [0.2, 0.25) is 0 Å². The van der Waals surface area contributed by atoms with Crippen molar-refractivity contribution in [3.8, 4) is 0 Å². The van der Waals surface area contributed by atoms with Gasteiger partial charge in [0.05, 0.1) is 12.2 Å². The molecule has 1 aromatic carbocycles. The Morgan fingerprint density at radius 3 is 2.29 bits per heavy atom. The number of rotatable bonds is 5. The van der Waals surface area contributed by atoms with Gasteiger partial charge in [-0.15, -0.1) is 0 Å². The lowest BCUT2D eigenvalue weighted by Gasteiger charge is -2.34. The van der Waals surface area contributed by atoms with Gasteiger partial charge in [-0.1, -0.05) is 0 Å². The highest BCUT2D eigenvalue weighted by Crippen LogP contribution is 2.24. The quantitative estimate of drug-likeness (QED) is 0.784. The van der Waals surface area contributed by atoms with Crippen molar-refractivity contribution in [2.24, 2.45) is 11.8 Å². The summed E-state index contributed by atoms with van der Waals surface area (Å²) in [4.78, 5) is 38.7. The van der Waals surface area contributed by atoms with E-state index < -0.39 is 0 Å². The van der Waals surface area contributed by atoms with Crippen LogP contribution in [0.25, 0.3) is 0 Å². The van der Waals surface area contributed by atoms with Gasteiger partial charge in [-0.25, -0.2) is 4.79 Å². The first-order valence-electron chi connectivity index (χ1n) is 10.0. The van der Waals surface area contributed by atoms with Crippen molar-refractivity contribution >= 4 is 23.5 Å². The van der Waals surface area contributed by atoms with Gasteiger partial charge in [0.1, 0.15) is 0 Å². The first kappa shape index (κ1) is 20.3. The standard InChI is InChI=1S/C21H28N2O5/c1-2-28-21(26)17-3-5-18(6-4-17)22-19(24)15-7-11-23(12-8-15)20(25)16-9-13-27-14-10-16/h3-6,15-16H,2,7-14H2,1H3,(H,22,24). The zero-order chi connectivity index (χ0) is 19.9. The molecule has 7 heteroatoms. The van der Waals surface area contributed by atoms with E-state index in [2.05, 4.69) is 5.32 Å². The Morgan fingerprint density at radius 2 is 1.68 bits per heavy atom. The van der Waals surface area contributed by atoms with Crippen LogP contribution < -0.4 is 5.32 Å². The number of nitrogens with one attached hydrogen (secondary N) is 1. The van der Waals surface area contributed by atoms with Gasteiger partial charge in [0, 0.05) is 43.8 Å². The molecule has 3 rings (SSSR count). The van der Waals surface area contributed by atoms with Gasteiger partial charge in [0.2, 0.25) is 11.8 Å². The molecule has 152 valence electrons. The molecule has 2 saturated heterocycles. The van der Waals surface area contributed by atoms with Gasteiger partial charge in [-0.05, 0) is 56.9 Å². The van der Waals surface area contributed by atoms with E-state index in [4.69, 9.17) is 9.47 Å². The normalized spacial score (nSPS) is 18.5. The maximum absolute atomic E-state index is 12.6. The zero-order valence-electron chi connectivity index (χ0n) is 16.3. The molecule has 0 radical (unpaired) electrons. The molecule has 2 heterocycles. The second-order valence-corrected chi connectivity index (χ2v) is 7.27. The number of hydrogen-bond donors (Lipinski definition) is 1. The summed E-state index contributed by atoms with van der Waals surface area (Å²) in [5.41, 5.74) is 1.11. The molecule has 2 fully saturated rings. The average Bonchev–Trinajstić information content (AvgIpc) is 2.74. The topological polar surface area (TPSA) is 84.9 Å². The predicted octanol–water partition coefficient (Wildman–Crippen LogP) is 2.47. The number of amides is 2. The molecule has 0 atom stereocenters. The molecule has 0 saturated carbocycles. The van der Waals surface area contributed by atoms with Gasteiger partial charge >= 0.3 is 5.97 Å². The van der Waals surface area contributed by atoms with Crippen molar-refractivity contribution in [1.29, 1.82) is 0 Å². The second-order valence-electron chi connectivity index (χ2n) is 7.27. The number of hydrogen-bond acceptors (Lipinski definition) is 5. The van der Waals surface area contributed by atoms with Gasteiger partial charge in [-0.2, -0.15) is 0 Å². The third-order valence-corrected chi connectivity index (χ3v) is 5.41. The number of ether oxygens (including phenoxy) is 2. The Morgan fingerprint density at radius 1 is 1.04 bits per heavy atom. The number of carbonyl (C=O) groups is 3. The van der Waals surface area contributed by atoms with E-state index in [0.717, 1.165) is 12.8 Å². The monoisotopic (exact) mass is 388 g/mol. The van der Waals surface area contributed by atoms with Gasteiger partial charge in [0.15, 0.2) is 0 Å². The number of nitrogens with zero attached hydrogens (tertiary/aromatic N) is 1. The third-order valence-electron chi connectivity index (χ3n) is 5.41. The minimum Gasteiger partial charge on any atom is -0.462 e. The minimum absolute atomic E-state index is 0.0398. The fourth-order valence-corrected chi connectivity index (χ4v) is 3.71. The second kappa shape index (κ2) is 9.68. The Balaban J connectivity index is 1.47. The first-order chi connectivity index (χ1) is 13.6. The summed E-state index contributed by atoms with van der Waals surface area (Å²) in [6, 6.07) is 6.69. The molecule has 1 N–H and O–H groups in total. The minimum atomic E-state index is -0.373. The Labute approximate surface area is 165 Å². The zero-order valence-corrected chi connectivity index (χ0v) is 16.3. The van der Waals surface area contributed by atoms with Crippen molar-refractivity contribution in [1.82, 2.24) is 4.90 Å². The number of benzene rings is 1. The summed E-state index contributed by atoms with van der Waals surface area (Å²) in [7, 11) is 0. The van der Waals surface area contributed by atoms with Crippen LogP contribution in [-0.2, 0) is 19.1 Å². The highest BCUT2D eigenvalue weighted by molar-refractivity contribution is 5.94. The SMILES string of the molecule is CCOC(=O)c1ccc(NC(=O)C2CCN(C(=O)C3CCOCC3)CC2)cc1. The maximum atomic E-state index is 12.6. The first-order valence-corrected chi connectivity index (χ1v) is 10.0. The largest absolute Gasteiger partial charge is 0.462 e. The molecule has 2 aliphatic heterocycles. The molecular weight excluding hydrogens is 360 g/mol. The predicted molar refractivity (Wildman–Crippen MR) is 104 cm³/mol. The number of piperidine rings is 1. The summed E-state index contributed by atoms with van der Waals surface area (Å²) in [5.74, 6) is -0.249. The van der Waals surface area contributed by atoms with E-state index in [1.807, 2.05) is 4.90 Å². The van der Waals surface area contributed by atoms with Crippen molar-refractivity contribution < 1.29 is 23.9 Å². The molecular formula is C21H28N2O5. The van der Waals surface area contributed by atoms with Crippen molar-refractivity contribution in [3.05, 3.63) is 29.8 Å². The molecule has 0 spiro atoms. The lowest BCUT2D eigenvalue weighted by molar-refractivity contribution is -0.141.